The summed E-state index contributed by atoms with van der Waals surface area (Å²) in [6, 6.07) is -1.13. The van der Waals surface area contributed by atoms with E-state index >= 15 is 0 Å². The lowest BCUT2D eigenvalue weighted by Gasteiger charge is -2.20. The number of hydrogen-bond acceptors (Lipinski definition) is 5. The van der Waals surface area contributed by atoms with Gasteiger partial charge in [0.1, 0.15) is 11.6 Å². The zero-order valence-corrected chi connectivity index (χ0v) is 10.9. The van der Waals surface area contributed by atoms with Crippen molar-refractivity contribution in [3.8, 4) is 0 Å². The third kappa shape index (κ3) is 7.61. The van der Waals surface area contributed by atoms with Gasteiger partial charge in [-0.2, -0.15) is 0 Å². The Morgan fingerprint density at radius 1 is 1.33 bits per heavy atom. The number of esters is 1. The summed E-state index contributed by atoms with van der Waals surface area (Å²) in [5.74, 6) is -2.29. The fourth-order valence-corrected chi connectivity index (χ4v) is 1.17. The molecule has 7 heteroatoms. The Labute approximate surface area is 106 Å². The second kappa shape index (κ2) is 6.95. The second-order valence-electron chi connectivity index (χ2n) is 4.79. The lowest BCUT2D eigenvalue weighted by atomic mass is 10.1. The van der Waals surface area contributed by atoms with Crippen LogP contribution in [-0.4, -0.2) is 41.1 Å². The molecule has 0 unspecified atom stereocenters. The van der Waals surface area contributed by atoms with E-state index in [1.807, 2.05) is 0 Å². The molecule has 0 aromatic heterocycles. The van der Waals surface area contributed by atoms with Gasteiger partial charge in [0.15, 0.2) is 0 Å². The highest BCUT2D eigenvalue weighted by Crippen LogP contribution is 2.10. The molecule has 0 aliphatic rings. The average Bonchev–Trinajstić information content (AvgIpc) is 2.20. The van der Waals surface area contributed by atoms with E-state index in [0.29, 0.717) is 0 Å². The summed E-state index contributed by atoms with van der Waals surface area (Å²) in [6.07, 6.45) is -0.116. The highest BCUT2D eigenvalue weighted by Gasteiger charge is 2.22. The van der Waals surface area contributed by atoms with E-state index < -0.39 is 29.5 Å². The van der Waals surface area contributed by atoms with Crippen LogP contribution < -0.4 is 11.1 Å². The minimum absolute atomic E-state index is 0.0318. The van der Waals surface area contributed by atoms with Crippen molar-refractivity contribution < 1.29 is 24.2 Å². The van der Waals surface area contributed by atoms with E-state index in [0.717, 1.165) is 0 Å². The zero-order chi connectivity index (χ0) is 14.3. The van der Waals surface area contributed by atoms with Gasteiger partial charge in [0.2, 0.25) is 5.91 Å². The van der Waals surface area contributed by atoms with Crippen LogP contribution in [0.2, 0.25) is 0 Å². The lowest BCUT2D eigenvalue weighted by molar-refractivity contribution is -0.155. The number of aliphatic carboxylic acids is 1. The van der Waals surface area contributed by atoms with Crippen molar-refractivity contribution in [1.82, 2.24) is 5.32 Å². The van der Waals surface area contributed by atoms with Gasteiger partial charge in [-0.3, -0.25) is 9.59 Å². The second-order valence-corrected chi connectivity index (χ2v) is 4.79. The molecule has 104 valence electrons. The van der Waals surface area contributed by atoms with Crippen LogP contribution >= 0.6 is 0 Å². The molecule has 0 saturated heterocycles. The molecule has 0 aromatic carbocycles. The Morgan fingerprint density at radius 2 is 1.89 bits per heavy atom. The van der Waals surface area contributed by atoms with Crippen LogP contribution in [-0.2, 0) is 19.1 Å². The maximum atomic E-state index is 11.4. The van der Waals surface area contributed by atoms with Gasteiger partial charge in [-0.1, -0.05) is 0 Å². The molecule has 0 rings (SSSR count). The molecule has 4 N–H and O–H groups in total. The topological polar surface area (TPSA) is 119 Å². The van der Waals surface area contributed by atoms with Crippen molar-refractivity contribution in [3.63, 3.8) is 0 Å². The van der Waals surface area contributed by atoms with Crippen LogP contribution in [0, 0.1) is 0 Å². The zero-order valence-electron chi connectivity index (χ0n) is 10.9. The number of amides is 1. The summed E-state index contributed by atoms with van der Waals surface area (Å²) in [4.78, 5) is 33.2. The standard InChI is InChI=1S/C11H20N2O5/c1-11(2,3)18-9(15)5-4-7(10(16)17)13-8(14)6-12/h7H,4-6,12H2,1-3H3,(H,13,14)(H,16,17)/t7-/m0/s1. The van der Waals surface area contributed by atoms with Gasteiger partial charge in [-0.05, 0) is 27.2 Å². The van der Waals surface area contributed by atoms with Crippen molar-refractivity contribution >= 4 is 17.8 Å². The van der Waals surface area contributed by atoms with Crippen molar-refractivity contribution in [2.24, 2.45) is 5.73 Å². The van der Waals surface area contributed by atoms with Crippen molar-refractivity contribution in [2.45, 2.75) is 45.3 Å². The predicted octanol–water partition coefficient (Wildman–Crippen LogP) is -0.364. The van der Waals surface area contributed by atoms with Gasteiger partial charge in [-0.25, -0.2) is 4.79 Å². The Hall–Kier alpha value is -1.63. The maximum absolute atomic E-state index is 11.4. The number of ether oxygens (including phenoxy) is 1. The van der Waals surface area contributed by atoms with Gasteiger partial charge in [-0.15, -0.1) is 0 Å². The number of nitrogens with one attached hydrogen (secondary N) is 1. The highest BCUT2D eigenvalue weighted by molar-refractivity contribution is 5.84. The van der Waals surface area contributed by atoms with Crippen LogP contribution in [0.1, 0.15) is 33.6 Å². The quantitative estimate of drug-likeness (QED) is 0.561. The predicted molar refractivity (Wildman–Crippen MR) is 63.7 cm³/mol. The molecular formula is C11H20N2O5. The molecule has 7 nitrogen and oxygen atoms in total. The molecule has 0 bridgehead atoms. The van der Waals surface area contributed by atoms with Crippen LogP contribution in [0.5, 0.6) is 0 Å². The van der Waals surface area contributed by atoms with Gasteiger partial charge < -0.3 is 20.9 Å². The molecule has 0 aromatic rings. The summed E-state index contributed by atoms with van der Waals surface area (Å²) in [6.45, 7) is 4.86. The largest absolute Gasteiger partial charge is 0.480 e. The molecule has 1 amide bonds. The monoisotopic (exact) mass is 260 g/mol. The van der Waals surface area contributed by atoms with Gasteiger partial charge in [0.05, 0.1) is 6.54 Å². The molecule has 0 aliphatic carbocycles. The van der Waals surface area contributed by atoms with Gasteiger partial charge in [0, 0.05) is 6.42 Å². The third-order valence-electron chi connectivity index (χ3n) is 1.88. The number of carboxylic acids is 1. The fraction of sp³-hybridized carbons (Fsp3) is 0.727. The van der Waals surface area contributed by atoms with E-state index in [2.05, 4.69) is 5.32 Å². The number of rotatable bonds is 6. The first-order chi connectivity index (χ1) is 8.15. The normalized spacial score (nSPS) is 12.7. The highest BCUT2D eigenvalue weighted by atomic mass is 16.6. The Morgan fingerprint density at radius 3 is 2.28 bits per heavy atom. The van der Waals surface area contributed by atoms with Crippen molar-refractivity contribution in [3.05, 3.63) is 0 Å². The summed E-state index contributed by atoms with van der Waals surface area (Å²) in [5, 5.41) is 11.1. The van der Waals surface area contributed by atoms with E-state index in [-0.39, 0.29) is 19.4 Å². The van der Waals surface area contributed by atoms with Gasteiger partial charge in [0.25, 0.3) is 0 Å². The first-order valence-electron chi connectivity index (χ1n) is 5.60. The smallest absolute Gasteiger partial charge is 0.326 e. The summed E-state index contributed by atoms with van der Waals surface area (Å²) in [5.41, 5.74) is 4.45. The first-order valence-corrected chi connectivity index (χ1v) is 5.60. The molecule has 0 aliphatic heterocycles. The molecule has 0 saturated carbocycles. The molecule has 0 spiro atoms. The minimum atomic E-state index is -1.21. The fourth-order valence-electron chi connectivity index (χ4n) is 1.17. The molecular weight excluding hydrogens is 240 g/mol. The van der Waals surface area contributed by atoms with Gasteiger partial charge >= 0.3 is 11.9 Å². The SMILES string of the molecule is CC(C)(C)OC(=O)CC[C@H](NC(=O)CN)C(=O)O. The minimum Gasteiger partial charge on any atom is -0.480 e. The van der Waals surface area contributed by atoms with Crippen LogP contribution in [0.3, 0.4) is 0 Å². The molecule has 0 radical (unpaired) electrons. The molecule has 0 fully saturated rings. The van der Waals surface area contributed by atoms with Crippen LogP contribution in [0.25, 0.3) is 0 Å². The Bertz CT molecular complexity index is 322. The van der Waals surface area contributed by atoms with Crippen LogP contribution in [0.4, 0.5) is 0 Å². The summed E-state index contributed by atoms with van der Waals surface area (Å²) in [7, 11) is 0. The van der Waals surface area contributed by atoms with E-state index in [4.69, 9.17) is 15.6 Å². The Kier molecular flexibility index (Phi) is 6.32. The number of hydrogen-bond donors (Lipinski definition) is 3. The Balaban J connectivity index is 4.24. The molecule has 1 atom stereocenters. The molecule has 18 heavy (non-hydrogen) atoms. The summed E-state index contributed by atoms with van der Waals surface area (Å²) >= 11 is 0. The van der Waals surface area contributed by atoms with E-state index in [1.54, 1.807) is 20.8 Å². The number of nitrogens with two attached hydrogens (primary N) is 1. The first kappa shape index (κ1) is 16.4. The van der Waals surface area contributed by atoms with Crippen molar-refractivity contribution in [2.75, 3.05) is 6.54 Å². The van der Waals surface area contributed by atoms with Crippen molar-refractivity contribution in [1.29, 1.82) is 0 Å². The lowest BCUT2D eigenvalue weighted by Crippen LogP contribution is -2.43. The number of carbonyl (C=O) groups is 3. The number of carbonyl (C=O) groups excluding carboxylic acids is 2. The van der Waals surface area contributed by atoms with E-state index in [9.17, 15) is 14.4 Å². The maximum Gasteiger partial charge on any atom is 0.326 e. The van der Waals surface area contributed by atoms with E-state index in [1.165, 1.54) is 0 Å². The summed E-state index contributed by atoms with van der Waals surface area (Å²) < 4.78 is 5.03. The number of carboxylic acid groups (broad SMARTS) is 1. The molecule has 0 heterocycles. The van der Waals surface area contributed by atoms with Crippen LogP contribution in [0.15, 0.2) is 0 Å². The average molecular weight is 260 g/mol. The third-order valence-corrected chi connectivity index (χ3v) is 1.88.